The van der Waals surface area contributed by atoms with Gasteiger partial charge in [0.1, 0.15) is 17.0 Å². The Morgan fingerprint density at radius 3 is 1.80 bits per heavy atom. The molecular weight excluding hydrogens is 699 g/mol. The van der Waals surface area contributed by atoms with E-state index in [1.165, 1.54) is 11.3 Å². The van der Waals surface area contributed by atoms with Gasteiger partial charge in [0.25, 0.3) is 17.7 Å². The number of anilines is 3. The van der Waals surface area contributed by atoms with Crippen molar-refractivity contribution < 1.29 is 19.1 Å². The fraction of sp³-hybridized carbons (Fsp3) is 0.340. The second kappa shape index (κ2) is 14.0. The van der Waals surface area contributed by atoms with Crippen LogP contribution in [0.3, 0.4) is 0 Å². The molecule has 4 heterocycles. The molecule has 0 radical (unpaired) electrons. The van der Waals surface area contributed by atoms with Gasteiger partial charge in [-0.15, -0.1) is 0 Å². The lowest BCUT2D eigenvalue weighted by Crippen LogP contribution is -2.51. The number of fused-ring (bicyclic) bond motifs is 6. The Kier molecular flexibility index (Phi) is 8.98. The summed E-state index contributed by atoms with van der Waals surface area (Å²) in [4.78, 5) is 53.9. The lowest BCUT2D eigenvalue weighted by Gasteiger charge is -2.45. The molecule has 0 saturated carbocycles. The molecule has 0 aliphatic carbocycles. The van der Waals surface area contributed by atoms with Gasteiger partial charge in [-0.1, -0.05) is 42.5 Å². The Morgan fingerprint density at radius 2 is 1.18 bits per heavy atom. The molecule has 0 bridgehead atoms. The lowest BCUT2D eigenvalue weighted by molar-refractivity contribution is 0.0517. The summed E-state index contributed by atoms with van der Waals surface area (Å²) in [5.74, 6) is 0.558. The zero-order chi connectivity index (χ0) is 38.7. The first-order valence-corrected chi connectivity index (χ1v) is 20.4. The van der Waals surface area contributed by atoms with Crippen LogP contribution < -0.4 is 19.4 Å². The van der Waals surface area contributed by atoms with Crippen molar-refractivity contribution in [3.05, 3.63) is 124 Å². The fourth-order valence-electron chi connectivity index (χ4n) is 9.85. The van der Waals surface area contributed by atoms with E-state index in [1.54, 1.807) is 0 Å². The van der Waals surface area contributed by atoms with Gasteiger partial charge in [0, 0.05) is 120 Å². The molecule has 0 atom stereocenters. The normalized spacial score (nSPS) is 16.6. The van der Waals surface area contributed by atoms with Crippen LogP contribution in [0.1, 0.15) is 94.7 Å². The second-order valence-electron chi connectivity index (χ2n) is 15.2. The quantitative estimate of drug-likeness (QED) is 0.132. The summed E-state index contributed by atoms with van der Waals surface area (Å²) in [7, 11) is 0. The number of carbonyl (C=O) groups is 3. The van der Waals surface area contributed by atoms with Crippen LogP contribution in [-0.2, 0) is 5.54 Å². The van der Waals surface area contributed by atoms with Crippen molar-refractivity contribution in [2.75, 3.05) is 67.1 Å². The minimum atomic E-state index is -1.07. The molecule has 3 amide bonds. The number of nitrogens with zero attached hydrogens (tertiary/aromatic N) is 5. The van der Waals surface area contributed by atoms with Gasteiger partial charge in [0.05, 0.1) is 0 Å². The number of imide groups is 1. The molecule has 1 spiro atoms. The molecule has 286 valence electrons. The first-order valence-electron chi connectivity index (χ1n) is 20.4. The van der Waals surface area contributed by atoms with Gasteiger partial charge < -0.3 is 24.3 Å². The molecule has 0 N–H and O–H groups in total. The first-order chi connectivity index (χ1) is 27.3. The number of hydrogen-bond acceptors (Lipinski definition) is 7. The number of rotatable bonds is 10. The molecule has 5 aromatic carbocycles. The van der Waals surface area contributed by atoms with Crippen LogP contribution in [0.5, 0.6) is 11.5 Å². The smallest absolute Gasteiger partial charge is 0.261 e. The predicted molar refractivity (Wildman–Crippen MR) is 223 cm³/mol. The van der Waals surface area contributed by atoms with Crippen LogP contribution >= 0.6 is 0 Å². The topological polar surface area (TPSA) is 76.6 Å². The molecule has 1 saturated heterocycles. The first kappa shape index (κ1) is 35.8. The zero-order valence-electron chi connectivity index (χ0n) is 32.8. The maximum absolute atomic E-state index is 14.9. The van der Waals surface area contributed by atoms with Crippen LogP contribution in [0.15, 0.2) is 91.0 Å². The molecule has 9 heteroatoms. The molecule has 5 aromatic rings. The lowest BCUT2D eigenvalue weighted by atomic mass is 9.74. The van der Waals surface area contributed by atoms with Crippen molar-refractivity contribution in [3.8, 4) is 11.5 Å². The third-order valence-electron chi connectivity index (χ3n) is 12.6. The van der Waals surface area contributed by atoms with Gasteiger partial charge in [0.2, 0.25) is 0 Å². The summed E-state index contributed by atoms with van der Waals surface area (Å²) in [6.45, 7) is 14.0. The average molecular weight is 748 g/mol. The van der Waals surface area contributed by atoms with E-state index < -0.39 is 5.54 Å². The standard InChI is InChI=1S/C47H49N5O4/c1-5-48(6-2)31-19-22-38-41(29-31)56-42-30-32(49(7-3)8-4)20-23-39(42)47(38)37-18-11-10-15-33(37)46(55)52(47)28-27-51-44(53)35-17-14-16-34-40(50-25-12-9-13-26-50)24-21-36(43(34)35)45(51)54/h10-11,14-24,29-30H,5-9,12-13,25-28H2,1-4H3. The summed E-state index contributed by atoms with van der Waals surface area (Å²) in [6, 6.07) is 30.1. The zero-order valence-corrected chi connectivity index (χ0v) is 32.8. The Hall–Kier alpha value is -5.83. The van der Waals surface area contributed by atoms with Crippen molar-refractivity contribution in [2.45, 2.75) is 52.5 Å². The Bertz CT molecular complexity index is 2310. The van der Waals surface area contributed by atoms with Gasteiger partial charge in [-0.05, 0) is 88.9 Å². The van der Waals surface area contributed by atoms with Crippen molar-refractivity contribution >= 4 is 45.6 Å². The van der Waals surface area contributed by atoms with Crippen molar-refractivity contribution in [3.63, 3.8) is 0 Å². The van der Waals surface area contributed by atoms with E-state index in [2.05, 4.69) is 78.8 Å². The van der Waals surface area contributed by atoms with Crippen LogP contribution in [0.25, 0.3) is 10.8 Å². The largest absolute Gasteiger partial charge is 0.456 e. The van der Waals surface area contributed by atoms with Crippen LogP contribution in [-0.4, -0.2) is 79.9 Å². The highest BCUT2D eigenvalue weighted by Crippen LogP contribution is 2.58. The highest BCUT2D eigenvalue weighted by molar-refractivity contribution is 6.26. The Balaban J connectivity index is 1.16. The number of amides is 3. The molecular formula is C47H49N5O4. The molecule has 9 rings (SSSR count). The molecule has 56 heavy (non-hydrogen) atoms. The van der Waals surface area contributed by atoms with Gasteiger partial charge in [-0.2, -0.15) is 0 Å². The molecule has 0 aromatic heterocycles. The van der Waals surface area contributed by atoms with E-state index >= 15 is 0 Å². The molecule has 9 nitrogen and oxygen atoms in total. The third kappa shape index (κ3) is 5.23. The maximum atomic E-state index is 14.9. The van der Waals surface area contributed by atoms with E-state index in [1.807, 2.05) is 59.5 Å². The summed E-state index contributed by atoms with van der Waals surface area (Å²) in [5, 5.41) is 1.67. The summed E-state index contributed by atoms with van der Waals surface area (Å²) in [6.07, 6.45) is 3.48. The molecule has 4 aliphatic heterocycles. The Morgan fingerprint density at radius 1 is 0.589 bits per heavy atom. The Labute approximate surface area is 329 Å². The van der Waals surface area contributed by atoms with Gasteiger partial charge in [-0.25, -0.2) is 0 Å². The van der Waals surface area contributed by atoms with Crippen molar-refractivity contribution in [2.24, 2.45) is 0 Å². The number of piperidine rings is 1. The predicted octanol–water partition coefficient (Wildman–Crippen LogP) is 8.67. The van der Waals surface area contributed by atoms with E-state index in [0.717, 1.165) is 96.6 Å². The monoisotopic (exact) mass is 747 g/mol. The van der Waals surface area contributed by atoms with Crippen molar-refractivity contribution in [1.29, 1.82) is 0 Å². The number of carbonyl (C=O) groups excluding carboxylic acids is 3. The minimum absolute atomic E-state index is 0.0312. The minimum Gasteiger partial charge on any atom is -0.456 e. The summed E-state index contributed by atoms with van der Waals surface area (Å²) in [5.41, 5.74) is 6.30. The van der Waals surface area contributed by atoms with Crippen LogP contribution in [0, 0.1) is 0 Å². The number of hydrogen-bond donors (Lipinski definition) is 0. The van der Waals surface area contributed by atoms with Gasteiger partial charge in [0.15, 0.2) is 0 Å². The van der Waals surface area contributed by atoms with Crippen molar-refractivity contribution in [1.82, 2.24) is 9.80 Å². The van der Waals surface area contributed by atoms with E-state index in [4.69, 9.17) is 4.74 Å². The molecule has 0 unspecified atom stereocenters. The molecule has 1 fully saturated rings. The van der Waals surface area contributed by atoms with Crippen LogP contribution in [0.2, 0.25) is 0 Å². The highest BCUT2D eigenvalue weighted by atomic mass is 16.5. The van der Waals surface area contributed by atoms with E-state index in [-0.39, 0.29) is 30.8 Å². The third-order valence-corrected chi connectivity index (χ3v) is 12.6. The molecule has 4 aliphatic rings. The second-order valence-corrected chi connectivity index (χ2v) is 15.2. The highest BCUT2D eigenvalue weighted by Gasteiger charge is 2.56. The summed E-state index contributed by atoms with van der Waals surface area (Å²) >= 11 is 0. The van der Waals surface area contributed by atoms with Crippen LogP contribution in [0.4, 0.5) is 17.1 Å². The number of ether oxygens (including phenoxy) is 1. The number of benzene rings is 5. The SMILES string of the molecule is CCN(CC)c1ccc2c(c1)Oc1cc(N(CC)CC)ccc1C21c2ccccc2C(=O)N1CCN1C(=O)c2cccc3c(N4CCCCC4)ccc(c23)C1=O. The van der Waals surface area contributed by atoms with E-state index in [0.29, 0.717) is 28.2 Å². The summed E-state index contributed by atoms with van der Waals surface area (Å²) < 4.78 is 6.86. The van der Waals surface area contributed by atoms with E-state index in [9.17, 15) is 14.4 Å². The maximum Gasteiger partial charge on any atom is 0.261 e. The van der Waals surface area contributed by atoms with Gasteiger partial charge >= 0.3 is 0 Å². The fourth-order valence-corrected chi connectivity index (χ4v) is 9.85. The average Bonchev–Trinajstić information content (AvgIpc) is 3.48. The van der Waals surface area contributed by atoms with Gasteiger partial charge in [-0.3, -0.25) is 19.3 Å².